The quantitative estimate of drug-likeness (QED) is 0.0105. The number of rotatable bonds is 42. The minimum absolute atomic E-state index is 0.0132. The smallest absolute Gasteiger partial charge is 0.320 e. The number of aliphatic hydroxyl groups excluding tert-OH is 1. The van der Waals surface area contributed by atoms with Gasteiger partial charge in [0.25, 0.3) is 5.91 Å². The van der Waals surface area contributed by atoms with Crippen LogP contribution in [0, 0.1) is 41.4 Å². The van der Waals surface area contributed by atoms with Crippen molar-refractivity contribution in [3.63, 3.8) is 0 Å². The van der Waals surface area contributed by atoms with Crippen LogP contribution in [0.5, 0.6) is 17.2 Å². The second-order valence-electron chi connectivity index (χ2n) is 40.9. The summed E-state index contributed by atoms with van der Waals surface area (Å²) in [6, 6.07) is 22.7. The molecule has 736 valence electrons. The van der Waals surface area contributed by atoms with E-state index in [0.717, 1.165) is 81.2 Å². The minimum atomic E-state index is -1.55. The van der Waals surface area contributed by atoms with E-state index in [2.05, 4.69) is 89.3 Å². The van der Waals surface area contributed by atoms with Gasteiger partial charge in [0.2, 0.25) is 17.7 Å². The molecule has 0 bridgehead atoms. The van der Waals surface area contributed by atoms with Crippen molar-refractivity contribution in [3.8, 4) is 17.2 Å². The number of nitrogens with one attached hydrogen (secondary N) is 2. The minimum Gasteiger partial charge on any atom is -0.495 e. The van der Waals surface area contributed by atoms with E-state index in [9.17, 15) is 43.8 Å². The zero-order chi connectivity index (χ0) is 98.9. The molecule has 132 heavy (non-hydrogen) atoms. The Bertz CT molecular complexity index is 4780. The molecule has 5 heterocycles. The molecule has 0 radical (unpaired) electrons. The van der Waals surface area contributed by atoms with E-state index in [-0.39, 0.29) is 138 Å². The average Bonchev–Trinajstić information content (AvgIpc) is 1.57. The Kier molecular flexibility index (Phi) is 40.3. The molecule has 28 heteroatoms. The molecular formula is C104H158Cl2N8O18. The lowest BCUT2D eigenvalue weighted by atomic mass is 9.83. The van der Waals surface area contributed by atoms with Gasteiger partial charge in [0.15, 0.2) is 17.4 Å². The van der Waals surface area contributed by atoms with Crippen LogP contribution in [-0.2, 0) is 63.6 Å². The molecule has 4 aromatic carbocycles. The number of fused-ring (bicyclic) bond motifs is 4. The molecule has 1 unspecified atom stereocenters. The van der Waals surface area contributed by atoms with Crippen molar-refractivity contribution >= 4 is 91.7 Å². The first-order valence-electron chi connectivity index (χ1n) is 47.1. The van der Waals surface area contributed by atoms with Crippen LogP contribution in [0.4, 0.5) is 5.69 Å². The summed E-state index contributed by atoms with van der Waals surface area (Å²) in [6.45, 7) is 49.5. The number of methoxy groups -OCH3 is 4. The monoisotopic (exact) mass is 1880 g/mol. The number of alkyl halides is 1. The summed E-state index contributed by atoms with van der Waals surface area (Å²) in [6.07, 6.45) is 5.64. The molecule has 0 spiro atoms. The molecule has 6 N–H and O–H groups in total. The molecule has 1 aromatic heterocycles. The number of nitrogens with two attached hydrogens (primary N) is 1. The molecule has 0 aliphatic carbocycles. The molecule has 3 fully saturated rings. The molecule has 4 aliphatic rings. The first-order chi connectivity index (χ1) is 61.7. The predicted octanol–water partition coefficient (Wildman–Crippen LogP) is 17.4. The Labute approximate surface area is 796 Å². The number of nitrogens with zero attached hydrogens (tertiary/aromatic N) is 5. The number of ketones is 2. The second kappa shape index (κ2) is 48.0. The summed E-state index contributed by atoms with van der Waals surface area (Å²) in [7, 11) is 11.9. The number of carbonyl (C=O) groups excluding carboxylic acids is 7. The zero-order valence-corrected chi connectivity index (χ0v) is 85.9. The number of epoxide rings is 1. The summed E-state index contributed by atoms with van der Waals surface area (Å²) in [5, 5.41) is 28.3. The van der Waals surface area contributed by atoms with E-state index in [1.165, 1.54) is 7.11 Å². The van der Waals surface area contributed by atoms with Crippen molar-refractivity contribution in [3.05, 3.63) is 131 Å². The van der Waals surface area contributed by atoms with Crippen LogP contribution < -0.4 is 30.2 Å². The topological polar surface area (TPSA) is 316 Å². The Morgan fingerprint density at radius 2 is 1.46 bits per heavy atom. The van der Waals surface area contributed by atoms with E-state index in [1.807, 2.05) is 185 Å². The Hall–Kier alpha value is -8.15. The van der Waals surface area contributed by atoms with Gasteiger partial charge >= 0.3 is 5.97 Å². The summed E-state index contributed by atoms with van der Waals surface area (Å²) >= 11 is 12.6. The van der Waals surface area contributed by atoms with Crippen LogP contribution in [0.3, 0.4) is 0 Å². The first kappa shape index (κ1) is 111. The number of primary amides is 1. The number of aromatic amines is 1. The van der Waals surface area contributed by atoms with Gasteiger partial charge in [-0.3, -0.25) is 43.4 Å². The van der Waals surface area contributed by atoms with Crippen LogP contribution in [-0.4, -0.2) is 247 Å². The van der Waals surface area contributed by atoms with Gasteiger partial charge in [-0.15, -0.1) is 11.6 Å². The van der Waals surface area contributed by atoms with Crippen molar-refractivity contribution in [2.45, 2.75) is 311 Å². The molecule has 9 rings (SSSR count). The lowest BCUT2D eigenvalue weighted by Crippen LogP contribution is -2.60. The van der Waals surface area contributed by atoms with E-state index in [0.29, 0.717) is 48.5 Å². The van der Waals surface area contributed by atoms with Crippen LogP contribution in [0.2, 0.25) is 5.02 Å². The highest BCUT2D eigenvalue weighted by molar-refractivity contribution is 6.32. The molecule has 3 saturated heterocycles. The number of aliphatic hydroxyl groups is 2. The normalized spacial score (nSPS) is 21.6. The molecule has 26 nitrogen and oxygen atoms in total. The lowest BCUT2D eigenvalue weighted by molar-refractivity contribution is -0.159. The SMILES string of the molecule is C=C1N[C@@](O)([C@@H](/C=C/C=C(\C)Cc2ccc(Cl)c(OC)c2)OC)C[C@@H]([C@@H](C)C2O[C@@]2(C)[C@H](CC(N)=O)OC(=O)CN(C)C(C)(C)C)O1.CCCOc1ccc2[nH]c(C(=O)N3C[C@@H](CCl)c4c3cc(OC(C)(C)C)c3ccccc43)cc2c1.CC[C@H](C)[C@@H]([C@@H](CC(=O)N1CCC[C@H]1[C@H](OC)[C@@H](C)C(=O)C[C@H](C)[C@H](C)O)OC)N(C)C(=O)[C@@H](CC(=O)[C@H](C(C)C)N(C)C(C)(C)C)C(C)C. The number of allylic oxidation sites excluding steroid dienone is 3. The molecule has 4 amide bonds. The average molecular weight is 1880 g/mol. The van der Waals surface area contributed by atoms with Gasteiger partial charge in [-0.25, -0.2) is 0 Å². The van der Waals surface area contributed by atoms with E-state index >= 15 is 0 Å². The maximum absolute atomic E-state index is 14.4. The maximum atomic E-state index is 14.4. The zero-order valence-electron chi connectivity index (χ0n) is 84.4. The van der Waals surface area contributed by atoms with Gasteiger partial charge in [-0.1, -0.05) is 141 Å². The molecule has 5 aromatic rings. The van der Waals surface area contributed by atoms with Crippen LogP contribution in [0.25, 0.3) is 21.7 Å². The molecule has 0 saturated carbocycles. The van der Waals surface area contributed by atoms with Gasteiger partial charge in [0.05, 0.1) is 86.4 Å². The maximum Gasteiger partial charge on any atom is 0.320 e. The number of benzene rings is 4. The molecule has 4 aliphatic heterocycles. The van der Waals surface area contributed by atoms with Crippen LogP contribution in [0.15, 0.2) is 109 Å². The summed E-state index contributed by atoms with van der Waals surface area (Å²) in [5.41, 5.74) is 7.72. The van der Waals surface area contributed by atoms with Gasteiger partial charge in [0, 0.05) is 124 Å². The van der Waals surface area contributed by atoms with Gasteiger partial charge in [-0.2, -0.15) is 0 Å². The van der Waals surface area contributed by atoms with Gasteiger partial charge < -0.3 is 83.6 Å². The summed E-state index contributed by atoms with van der Waals surface area (Å²) in [4.78, 5) is 107. The van der Waals surface area contributed by atoms with E-state index in [1.54, 1.807) is 53.2 Å². The van der Waals surface area contributed by atoms with E-state index in [4.69, 9.17) is 71.6 Å². The van der Waals surface area contributed by atoms with Gasteiger partial charge in [-0.05, 0) is 206 Å². The second-order valence-corrected chi connectivity index (χ2v) is 41.6. The predicted molar refractivity (Wildman–Crippen MR) is 525 cm³/mol. The number of Topliss-reactive ketones (excluding diaryl/α,β-unsaturated/α-hetero) is 2. The van der Waals surface area contributed by atoms with Crippen molar-refractivity contribution in [1.29, 1.82) is 0 Å². The van der Waals surface area contributed by atoms with Crippen molar-refractivity contribution in [2.75, 3.05) is 86.6 Å². The van der Waals surface area contributed by atoms with Crippen LogP contribution >= 0.6 is 23.2 Å². The highest BCUT2D eigenvalue weighted by atomic mass is 35.5. The van der Waals surface area contributed by atoms with Crippen molar-refractivity contribution in [1.82, 2.24) is 29.9 Å². The largest absolute Gasteiger partial charge is 0.495 e. The number of likely N-dealkylation sites (N-methyl/N-ethyl adjacent to an activating group) is 3. The van der Waals surface area contributed by atoms with E-state index < -0.39 is 83.8 Å². The third-order valence-electron chi connectivity index (χ3n) is 27.0. The number of anilines is 1. The Balaban J connectivity index is 0.000000274. The number of amides is 4. The highest BCUT2D eigenvalue weighted by Crippen LogP contribution is 2.51. The lowest BCUT2D eigenvalue weighted by Gasteiger charge is -2.44. The third kappa shape index (κ3) is 28.7. The number of aromatic nitrogens is 1. The number of ether oxygens (including phenoxy) is 9. The van der Waals surface area contributed by atoms with Crippen molar-refractivity contribution < 1.29 is 86.4 Å². The fourth-order valence-electron chi connectivity index (χ4n) is 18.3. The molecule has 18 atom stereocenters. The number of carbonyl (C=O) groups is 7. The number of likely N-dealkylation sites (tertiary alicyclic amines) is 1. The number of H-pyrrole nitrogens is 1. The number of esters is 1. The fourth-order valence-corrected chi connectivity index (χ4v) is 18.7. The Morgan fingerprint density at radius 1 is 0.795 bits per heavy atom. The van der Waals surface area contributed by atoms with Gasteiger partial charge in [0.1, 0.15) is 58.2 Å². The Morgan fingerprint density at radius 3 is 2.03 bits per heavy atom. The molecular weight excluding hydrogens is 1720 g/mol. The third-order valence-corrected chi connectivity index (χ3v) is 27.7. The standard InChI is InChI=1S/C40H75N3O7.C35H52ClN3O8.C29H31ClN2O3/c1-17-26(6)37(41(13)39(48)30(24(2)3)22-33(46)36(25(4)5)42(14)40(10,11)12)34(49-15)23-35(47)43-20-18-19-31(43)38(50-16)28(8)32(45)21-27(7)29(9)44;1-21(16-24-14-15-25(36)26(17-24)43-9)12-11-13-28(44-10)35(42)19-27(45-23(3)38-35)22(2)32-34(7,47-32)29(18-30(37)40)46-31(41)20-39(8)33(4,5)6;1-5-12-34-20-10-11-23-18(13-20)14-24(31-23)28(33)32-17-19(16-30)27-22-9-7-6-8-21(22)26(15-25(27)32)35-29(2,3)4/h24-31,34,36-38,44H,17-23H2,1-16H3;11-15,17,22,27-29,32,38,42H,3,16,18-20H2,1-2,4-10H3,(H2,37,40);6-11,13-15,19,31H,5,12,16-17H2,1-4H3/b;13-11+,21-12+;/t26-,27-,28-,29-,30-,31-,34+,36-,37-,38+;22-,27+,28-,29+,32?,34+,35+;19-/m011/s1. The van der Waals surface area contributed by atoms with Crippen LogP contribution in [0.1, 0.15) is 238 Å². The number of halogens is 2. The summed E-state index contributed by atoms with van der Waals surface area (Å²) < 4.78 is 53.0. The fraction of sp³-hybridized carbons (Fsp3) is 0.644. The summed E-state index contributed by atoms with van der Waals surface area (Å²) in [5.74, 6) is 0.208. The van der Waals surface area contributed by atoms with Crippen molar-refractivity contribution in [2.24, 2.45) is 47.2 Å². The number of hydrogen-bond acceptors (Lipinski definition) is 21. The number of hydrogen-bond donors (Lipinski definition) is 5. The highest BCUT2D eigenvalue weighted by Gasteiger charge is 2.64. The first-order valence-corrected chi connectivity index (χ1v) is 48.0.